The Morgan fingerprint density at radius 1 is 1.50 bits per heavy atom. The van der Waals surface area contributed by atoms with Gasteiger partial charge in [0.1, 0.15) is 11.4 Å². The summed E-state index contributed by atoms with van der Waals surface area (Å²) in [6.07, 6.45) is 0. The number of hydrogen-bond acceptors (Lipinski definition) is 5. The van der Waals surface area contributed by atoms with Gasteiger partial charge in [-0.05, 0) is 17.7 Å². The van der Waals surface area contributed by atoms with Crippen LogP contribution in [0.1, 0.15) is 21.0 Å². The highest BCUT2D eigenvalue weighted by Gasteiger charge is 2.13. The number of methoxy groups -OCH3 is 1. The van der Waals surface area contributed by atoms with Gasteiger partial charge >= 0.3 is 11.9 Å². The highest BCUT2D eigenvalue weighted by atomic mass is 16.5. The van der Waals surface area contributed by atoms with Crippen LogP contribution in [0.25, 0.3) is 10.4 Å². The molecule has 0 aliphatic carbocycles. The van der Waals surface area contributed by atoms with Crippen LogP contribution in [0.5, 0.6) is 0 Å². The monoisotopic (exact) mass is 222 g/mol. The first-order valence-corrected chi connectivity index (χ1v) is 3.97. The molecule has 82 valence electrons. The van der Waals surface area contributed by atoms with Gasteiger partial charge in [-0.25, -0.2) is 14.6 Å². The number of esters is 1. The minimum Gasteiger partial charge on any atom is -0.477 e. The lowest BCUT2D eigenvalue weighted by Gasteiger charge is -2.01. The number of aromatic carboxylic acids is 1. The average molecular weight is 222 g/mol. The summed E-state index contributed by atoms with van der Waals surface area (Å²) in [5, 5.41) is 11.9. The van der Waals surface area contributed by atoms with E-state index in [9.17, 15) is 9.59 Å². The zero-order valence-corrected chi connectivity index (χ0v) is 8.12. The average Bonchev–Trinajstić information content (AvgIpc) is 2.28. The van der Waals surface area contributed by atoms with Crippen LogP contribution >= 0.6 is 0 Å². The number of rotatable bonds is 3. The van der Waals surface area contributed by atoms with Crippen molar-refractivity contribution in [1.82, 2.24) is 4.98 Å². The Kier molecular flexibility index (Phi) is 3.41. The number of ether oxygens (including phenoxy) is 1. The quantitative estimate of drug-likeness (QED) is 0.359. The molecule has 0 saturated carbocycles. The summed E-state index contributed by atoms with van der Waals surface area (Å²) >= 11 is 0. The number of carbonyl (C=O) groups is 2. The van der Waals surface area contributed by atoms with Gasteiger partial charge in [-0.15, -0.1) is 0 Å². The van der Waals surface area contributed by atoms with Gasteiger partial charge in [0.05, 0.1) is 7.11 Å². The second-order valence-corrected chi connectivity index (χ2v) is 2.58. The van der Waals surface area contributed by atoms with Crippen LogP contribution in [0.2, 0.25) is 0 Å². The fourth-order valence-corrected chi connectivity index (χ4v) is 0.944. The van der Waals surface area contributed by atoms with Crippen molar-refractivity contribution < 1.29 is 19.4 Å². The van der Waals surface area contributed by atoms with Gasteiger partial charge in [0.2, 0.25) is 0 Å². The predicted octanol–water partition coefficient (Wildman–Crippen LogP) is 1.51. The first-order valence-electron chi connectivity index (χ1n) is 3.97. The highest BCUT2D eigenvalue weighted by molar-refractivity contribution is 5.92. The molecule has 0 atom stereocenters. The van der Waals surface area contributed by atoms with Crippen LogP contribution in [0.3, 0.4) is 0 Å². The zero-order chi connectivity index (χ0) is 12.1. The summed E-state index contributed by atoms with van der Waals surface area (Å²) in [5.41, 5.74) is 7.56. The molecule has 1 rings (SSSR count). The lowest BCUT2D eigenvalue weighted by Crippen LogP contribution is -2.08. The normalized spacial score (nSPS) is 9.06. The molecule has 0 bridgehead atoms. The van der Waals surface area contributed by atoms with Crippen molar-refractivity contribution in [3.05, 3.63) is 34.0 Å². The van der Waals surface area contributed by atoms with E-state index in [1.807, 2.05) is 0 Å². The summed E-state index contributed by atoms with van der Waals surface area (Å²) in [7, 11) is 1.13. The van der Waals surface area contributed by atoms with Crippen molar-refractivity contribution in [3.8, 4) is 0 Å². The predicted molar refractivity (Wildman–Crippen MR) is 51.3 cm³/mol. The maximum Gasteiger partial charge on any atom is 0.356 e. The van der Waals surface area contributed by atoms with E-state index in [-0.39, 0.29) is 11.4 Å². The fraction of sp³-hybridized carbons (Fsp3) is 0.125. The number of carbonyl (C=O) groups excluding carboxylic acids is 1. The van der Waals surface area contributed by atoms with Crippen molar-refractivity contribution >= 4 is 17.6 Å². The number of nitrogens with zero attached hydrogens (tertiary/aromatic N) is 4. The lowest BCUT2D eigenvalue weighted by atomic mass is 10.2. The number of pyridine rings is 1. The molecule has 8 nitrogen and oxygen atoms in total. The molecule has 0 aromatic carbocycles. The van der Waals surface area contributed by atoms with Crippen molar-refractivity contribution in [3.63, 3.8) is 0 Å². The summed E-state index contributed by atoms with van der Waals surface area (Å²) in [5.74, 6) is -2.14. The van der Waals surface area contributed by atoms with E-state index in [1.165, 1.54) is 0 Å². The Balaban J connectivity index is 3.34. The zero-order valence-electron chi connectivity index (χ0n) is 8.12. The van der Waals surface area contributed by atoms with Crippen molar-refractivity contribution in [2.24, 2.45) is 5.11 Å². The molecular formula is C8H6N4O4. The van der Waals surface area contributed by atoms with Gasteiger partial charge in [0.25, 0.3) is 0 Å². The van der Waals surface area contributed by atoms with E-state index in [0.29, 0.717) is 0 Å². The molecular weight excluding hydrogens is 216 g/mol. The van der Waals surface area contributed by atoms with E-state index in [1.54, 1.807) is 0 Å². The topological polar surface area (TPSA) is 125 Å². The molecule has 1 N–H and O–H groups in total. The minimum absolute atomic E-state index is 0.0182. The van der Waals surface area contributed by atoms with E-state index in [0.717, 1.165) is 19.2 Å². The molecule has 0 saturated heterocycles. The first-order chi connectivity index (χ1) is 7.58. The number of carboxylic acids is 1. The van der Waals surface area contributed by atoms with Crippen molar-refractivity contribution in [1.29, 1.82) is 0 Å². The number of hydrogen-bond donors (Lipinski definition) is 1. The summed E-state index contributed by atoms with van der Waals surface area (Å²) in [6, 6.07) is 2.19. The molecule has 1 aromatic rings. The summed E-state index contributed by atoms with van der Waals surface area (Å²) in [4.78, 5) is 27.8. The van der Waals surface area contributed by atoms with Crippen LogP contribution in [0.15, 0.2) is 17.2 Å². The molecule has 1 heterocycles. The maximum absolute atomic E-state index is 11.1. The van der Waals surface area contributed by atoms with Crippen molar-refractivity contribution in [2.75, 3.05) is 7.11 Å². The van der Waals surface area contributed by atoms with Crippen LogP contribution in [-0.4, -0.2) is 29.1 Å². The standard InChI is InChI=1S/C8H6N4O4/c1-16-8(15)6-3-4(11-12-9)2-5(10-6)7(13)14/h2-3H,1H3,(H,13,14). The Hall–Kier alpha value is -2.60. The van der Waals surface area contributed by atoms with Crippen LogP contribution < -0.4 is 0 Å². The second-order valence-electron chi connectivity index (χ2n) is 2.58. The fourth-order valence-electron chi connectivity index (χ4n) is 0.944. The molecule has 8 heteroatoms. The Morgan fingerprint density at radius 3 is 2.62 bits per heavy atom. The SMILES string of the molecule is COC(=O)c1cc(N=[N+]=[N-])cc(C(=O)O)n1. The molecule has 0 aliphatic heterocycles. The molecule has 0 spiro atoms. The molecule has 0 unspecified atom stereocenters. The first kappa shape index (κ1) is 11.5. The Morgan fingerprint density at radius 2 is 2.12 bits per heavy atom. The van der Waals surface area contributed by atoms with E-state index >= 15 is 0 Å². The number of aromatic nitrogens is 1. The minimum atomic E-state index is -1.33. The van der Waals surface area contributed by atoms with Crippen LogP contribution in [0, 0.1) is 0 Å². The van der Waals surface area contributed by atoms with E-state index in [4.69, 9.17) is 10.6 Å². The van der Waals surface area contributed by atoms with Gasteiger partial charge in [0, 0.05) is 10.6 Å². The summed E-state index contributed by atoms with van der Waals surface area (Å²) < 4.78 is 4.37. The number of azide groups is 1. The van der Waals surface area contributed by atoms with E-state index in [2.05, 4.69) is 19.7 Å². The van der Waals surface area contributed by atoms with Crippen molar-refractivity contribution in [2.45, 2.75) is 0 Å². The van der Waals surface area contributed by atoms with Crippen LogP contribution in [-0.2, 0) is 4.74 Å². The Bertz CT molecular complexity index is 473. The second kappa shape index (κ2) is 4.76. The third-order valence-corrected chi connectivity index (χ3v) is 1.58. The number of carboxylic acid groups (broad SMARTS) is 1. The van der Waals surface area contributed by atoms with Gasteiger partial charge in [-0.3, -0.25) is 0 Å². The summed E-state index contributed by atoms with van der Waals surface area (Å²) in [6.45, 7) is 0. The molecule has 0 radical (unpaired) electrons. The van der Waals surface area contributed by atoms with E-state index < -0.39 is 17.6 Å². The smallest absolute Gasteiger partial charge is 0.356 e. The largest absolute Gasteiger partial charge is 0.477 e. The third kappa shape index (κ3) is 2.46. The molecule has 1 aromatic heterocycles. The molecule has 0 aliphatic rings. The van der Waals surface area contributed by atoms with Gasteiger partial charge < -0.3 is 9.84 Å². The lowest BCUT2D eigenvalue weighted by molar-refractivity contribution is 0.0593. The molecule has 0 amide bonds. The maximum atomic E-state index is 11.1. The molecule has 0 fully saturated rings. The van der Waals surface area contributed by atoms with Gasteiger partial charge in [0.15, 0.2) is 0 Å². The third-order valence-electron chi connectivity index (χ3n) is 1.58. The highest BCUT2D eigenvalue weighted by Crippen LogP contribution is 2.16. The van der Waals surface area contributed by atoms with Crippen LogP contribution in [0.4, 0.5) is 5.69 Å². The van der Waals surface area contributed by atoms with Gasteiger partial charge in [-0.2, -0.15) is 0 Å². The Labute approximate surface area is 89.1 Å². The molecule has 16 heavy (non-hydrogen) atoms. The van der Waals surface area contributed by atoms with Gasteiger partial charge in [-0.1, -0.05) is 5.11 Å².